The molecule has 3 aromatic carbocycles. The van der Waals surface area contributed by atoms with Crippen molar-refractivity contribution in [3.8, 4) is 17.2 Å². The summed E-state index contributed by atoms with van der Waals surface area (Å²) >= 11 is 0. The lowest BCUT2D eigenvalue weighted by atomic mass is 10.2. The summed E-state index contributed by atoms with van der Waals surface area (Å²) in [6, 6.07) is 23.0. The molecule has 0 aliphatic rings. The van der Waals surface area contributed by atoms with Crippen LogP contribution in [0.5, 0.6) is 11.5 Å². The normalized spacial score (nSPS) is 10.7. The molecule has 0 saturated heterocycles. The zero-order valence-corrected chi connectivity index (χ0v) is 16.3. The van der Waals surface area contributed by atoms with Gasteiger partial charge in [0.05, 0.1) is 25.3 Å². The Morgan fingerprint density at radius 2 is 1.66 bits per heavy atom. The van der Waals surface area contributed by atoms with Crippen LogP contribution in [0.4, 0.5) is 0 Å². The van der Waals surface area contributed by atoms with Crippen LogP contribution in [-0.4, -0.2) is 29.7 Å². The molecule has 146 valence electrons. The summed E-state index contributed by atoms with van der Waals surface area (Å²) in [5, 5.41) is 2.96. The van der Waals surface area contributed by atoms with E-state index in [0.29, 0.717) is 23.9 Å². The fourth-order valence-corrected chi connectivity index (χ4v) is 3.27. The highest BCUT2D eigenvalue weighted by Crippen LogP contribution is 2.27. The number of hydrogen-bond donors (Lipinski definition) is 1. The van der Waals surface area contributed by atoms with E-state index < -0.39 is 0 Å². The van der Waals surface area contributed by atoms with E-state index in [1.807, 2.05) is 77.4 Å². The van der Waals surface area contributed by atoms with E-state index in [2.05, 4.69) is 10.3 Å². The van der Waals surface area contributed by atoms with Gasteiger partial charge in [0.15, 0.2) is 11.5 Å². The Hall–Kier alpha value is -3.80. The number of ether oxygens (including phenoxy) is 2. The standard InChI is InChI=1S/C23H21N3O3/c1-28-20-13-12-16(14-21(20)29-2)15-24-23(27)22-25-18-10-6-7-11-19(18)26(22)17-8-4-3-5-9-17/h3-14H,15H2,1-2H3,(H,24,27). The summed E-state index contributed by atoms with van der Waals surface area (Å²) in [6.07, 6.45) is 0. The van der Waals surface area contributed by atoms with Crippen molar-refractivity contribution in [2.75, 3.05) is 14.2 Å². The van der Waals surface area contributed by atoms with Crippen molar-refractivity contribution in [2.24, 2.45) is 0 Å². The lowest BCUT2D eigenvalue weighted by Crippen LogP contribution is -2.26. The maximum atomic E-state index is 13.0. The molecule has 4 aromatic rings. The molecular formula is C23H21N3O3. The number of hydrogen-bond acceptors (Lipinski definition) is 4. The number of para-hydroxylation sites is 3. The Morgan fingerprint density at radius 3 is 2.41 bits per heavy atom. The molecule has 4 rings (SSSR count). The van der Waals surface area contributed by atoms with Crippen molar-refractivity contribution in [3.05, 3.63) is 84.2 Å². The van der Waals surface area contributed by atoms with Gasteiger partial charge in [0, 0.05) is 12.2 Å². The minimum atomic E-state index is -0.250. The van der Waals surface area contributed by atoms with Gasteiger partial charge < -0.3 is 14.8 Å². The molecule has 6 heteroatoms. The van der Waals surface area contributed by atoms with Gasteiger partial charge in [0.2, 0.25) is 5.82 Å². The smallest absolute Gasteiger partial charge is 0.287 e. The van der Waals surface area contributed by atoms with Gasteiger partial charge in [-0.3, -0.25) is 9.36 Å². The Bertz CT molecular complexity index is 1150. The molecule has 0 spiro atoms. The monoisotopic (exact) mass is 387 g/mol. The minimum Gasteiger partial charge on any atom is -0.493 e. The number of fused-ring (bicyclic) bond motifs is 1. The number of rotatable bonds is 6. The quantitative estimate of drug-likeness (QED) is 0.544. The third kappa shape index (κ3) is 3.65. The second kappa shape index (κ2) is 8.06. The van der Waals surface area contributed by atoms with Crippen LogP contribution in [-0.2, 0) is 6.54 Å². The highest BCUT2D eigenvalue weighted by Gasteiger charge is 2.18. The lowest BCUT2D eigenvalue weighted by Gasteiger charge is -2.11. The minimum absolute atomic E-state index is 0.250. The number of nitrogens with one attached hydrogen (secondary N) is 1. The van der Waals surface area contributed by atoms with E-state index in [0.717, 1.165) is 22.3 Å². The van der Waals surface area contributed by atoms with E-state index >= 15 is 0 Å². The van der Waals surface area contributed by atoms with Gasteiger partial charge >= 0.3 is 0 Å². The molecule has 1 N–H and O–H groups in total. The van der Waals surface area contributed by atoms with Crippen molar-refractivity contribution in [3.63, 3.8) is 0 Å². The second-order valence-corrected chi connectivity index (χ2v) is 6.47. The van der Waals surface area contributed by atoms with Gasteiger partial charge in [-0.25, -0.2) is 4.98 Å². The first kappa shape index (κ1) is 18.6. The molecule has 0 saturated carbocycles. The first-order valence-electron chi connectivity index (χ1n) is 9.23. The fraction of sp³-hybridized carbons (Fsp3) is 0.130. The first-order valence-corrected chi connectivity index (χ1v) is 9.23. The molecule has 29 heavy (non-hydrogen) atoms. The molecule has 0 aliphatic heterocycles. The number of benzene rings is 3. The van der Waals surface area contributed by atoms with Gasteiger partial charge in [0.1, 0.15) is 0 Å². The average Bonchev–Trinajstić information content (AvgIpc) is 3.17. The predicted octanol–water partition coefficient (Wildman–Crippen LogP) is 3.97. The SMILES string of the molecule is COc1ccc(CNC(=O)c2nc3ccccc3n2-c2ccccc2)cc1OC. The van der Waals surface area contributed by atoms with Crippen molar-refractivity contribution in [1.29, 1.82) is 0 Å². The number of carbonyl (C=O) groups excluding carboxylic acids is 1. The van der Waals surface area contributed by atoms with Crippen LogP contribution in [0.15, 0.2) is 72.8 Å². The summed E-state index contributed by atoms with van der Waals surface area (Å²) in [5.74, 6) is 1.36. The van der Waals surface area contributed by atoms with Crippen molar-refractivity contribution >= 4 is 16.9 Å². The Labute approximate surface area is 168 Å². The van der Waals surface area contributed by atoms with Crippen LogP contribution in [0.25, 0.3) is 16.7 Å². The molecule has 0 atom stereocenters. The molecule has 0 bridgehead atoms. The highest BCUT2D eigenvalue weighted by molar-refractivity contribution is 5.96. The van der Waals surface area contributed by atoms with E-state index in [1.165, 1.54) is 0 Å². The summed E-state index contributed by atoms with van der Waals surface area (Å²) in [4.78, 5) is 17.6. The fourth-order valence-electron chi connectivity index (χ4n) is 3.27. The summed E-state index contributed by atoms with van der Waals surface area (Å²) in [7, 11) is 3.18. The molecule has 1 aromatic heterocycles. The van der Waals surface area contributed by atoms with Crippen molar-refractivity contribution < 1.29 is 14.3 Å². The summed E-state index contributed by atoms with van der Waals surface area (Å²) in [6.45, 7) is 0.344. The lowest BCUT2D eigenvalue weighted by molar-refractivity contribution is 0.0939. The van der Waals surface area contributed by atoms with E-state index in [4.69, 9.17) is 9.47 Å². The number of nitrogens with zero attached hydrogens (tertiary/aromatic N) is 2. The molecule has 0 fully saturated rings. The topological polar surface area (TPSA) is 65.4 Å². The van der Waals surface area contributed by atoms with Gasteiger partial charge in [-0.15, -0.1) is 0 Å². The maximum absolute atomic E-state index is 13.0. The molecule has 6 nitrogen and oxygen atoms in total. The maximum Gasteiger partial charge on any atom is 0.287 e. The highest BCUT2D eigenvalue weighted by atomic mass is 16.5. The van der Waals surface area contributed by atoms with Crippen LogP contribution in [0, 0.1) is 0 Å². The van der Waals surface area contributed by atoms with Crippen LogP contribution >= 0.6 is 0 Å². The molecular weight excluding hydrogens is 366 g/mol. The Balaban J connectivity index is 1.64. The predicted molar refractivity (Wildman–Crippen MR) is 112 cm³/mol. The first-order chi connectivity index (χ1) is 14.2. The number of aromatic nitrogens is 2. The van der Waals surface area contributed by atoms with Crippen LogP contribution in [0.3, 0.4) is 0 Å². The molecule has 1 heterocycles. The number of imidazole rings is 1. The van der Waals surface area contributed by atoms with E-state index in [9.17, 15) is 4.79 Å². The Kier molecular flexibility index (Phi) is 5.16. The average molecular weight is 387 g/mol. The van der Waals surface area contributed by atoms with Gasteiger partial charge in [-0.05, 0) is 42.0 Å². The van der Waals surface area contributed by atoms with Crippen LogP contribution in [0.2, 0.25) is 0 Å². The Morgan fingerprint density at radius 1 is 0.931 bits per heavy atom. The molecule has 0 radical (unpaired) electrons. The largest absolute Gasteiger partial charge is 0.493 e. The molecule has 1 amide bonds. The molecule has 0 aliphatic carbocycles. The van der Waals surface area contributed by atoms with Gasteiger partial charge in [-0.2, -0.15) is 0 Å². The van der Waals surface area contributed by atoms with Crippen LogP contribution < -0.4 is 14.8 Å². The van der Waals surface area contributed by atoms with Crippen molar-refractivity contribution in [2.45, 2.75) is 6.54 Å². The zero-order valence-electron chi connectivity index (χ0n) is 16.3. The number of methoxy groups -OCH3 is 2. The third-order valence-electron chi connectivity index (χ3n) is 4.68. The van der Waals surface area contributed by atoms with Crippen molar-refractivity contribution in [1.82, 2.24) is 14.9 Å². The third-order valence-corrected chi connectivity index (χ3v) is 4.68. The van der Waals surface area contributed by atoms with Gasteiger partial charge in [0.25, 0.3) is 5.91 Å². The zero-order chi connectivity index (χ0) is 20.2. The van der Waals surface area contributed by atoms with E-state index in [-0.39, 0.29) is 5.91 Å². The van der Waals surface area contributed by atoms with Gasteiger partial charge in [-0.1, -0.05) is 36.4 Å². The number of carbonyl (C=O) groups is 1. The number of amides is 1. The summed E-state index contributed by atoms with van der Waals surface area (Å²) in [5.41, 5.74) is 3.44. The second-order valence-electron chi connectivity index (χ2n) is 6.47. The van der Waals surface area contributed by atoms with Crippen LogP contribution in [0.1, 0.15) is 16.2 Å². The van der Waals surface area contributed by atoms with E-state index in [1.54, 1.807) is 14.2 Å². The summed E-state index contributed by atoms with van der Waals surface area (Å²) < 4.78 is 12.5. The molecule has 0 unspecified atom stereocenters.